The van der Waals surface area contributed by atoms with E-state index in [1.807, 2.05) is 0 Å². The van der Waals surface area contributed by atoms with Crippen molar-refractivity contribution in [2.24, 2.45) is 0 Å². The van der Waals surface area contributed by atoms with Crippen LogP contribution in [0.5, 0.6) is 0 Å². The largest absolute Gasteiger partial charge is 0.383 e. The Morgan fingerprint density at radius 2 is 2.50 bits per heavy atom. The summed E-state index contributed by atoms with van der Waals surface area (Å²) in [6, 6.07) is 0. The molecule has 2 N–H and O–H groups in total. The predicted molar refractivity (Wildman–Crippen MR) is 41.3 cm³/mol. The van der Waals surface area contributed by atoms with E-state index in [2.05, 4.69) is 5.32 Å². The molecule has 0 spiro atoms. The molecule has 0 saturated carbocycles. The number of hydrogen-bond acceptors (Lipinski definition) is 3. The summed E-state index contributed by atoms with van der Waals surface area (Å²) in [5.41, 5.74) is 0. The fraction of sp³-hybridized carbons (Fsp3) is 0.714. The number of amides is 2. The van der Waals surface area contributed by atoms with E-state index in [0.29, 0.717) is 13.0 Å². The lowest BCUT2D eigenvalue weighted by Gasteiger charge is -2.13. The Hall–Kier alpha value is -1.10. The standard InChI is InChI=1S/C7H12N2O3/c1-8-6(11)4-9-3-2-5(10)7(9)12/h5,10H,2-4H2,1H3,(H,8,11). The van der Waals surface area contributed by atoms with Gasteiger partial charge < -0.3 is 15.3 Å². The van der Waals surface area contributed by atoms with Crippen LogP contribution in [-0.4, -0.2) is 48.1 Å². The van der Waals surface area contributed by atoms with Crippen molar-refractivity contribution in [3.8, 4) is 0 Å². The van der Waals surface area contributed by atoms with Gasteiger partial charge in [0.05, 0.1) is 6.54 Å². The number of rotatable bonds is 2. The van der Waals surface area contributed by atoms with Crippen LogP contribution < -0.4 is 5.32 Å². The predicted octanol–water partition coefficient (Wildman–Crippen LogP) is -1.67. The van der Waals surface area contributed by atoms with Crippen LogP contribution >= 0.6 is 0 Å². The summed E-state index contributed by atoms with van der Waals surface area (Å²) in [5.74, 6) is -0.559. The van der Waals surface area contributed by atoms with Crippen LogP contribution in [0, 0.1) is 0 Å². The molecule has 5 nitrogen and oxygen atoms in total. The summed E-state index contributed by atoms with van der Waals surface area (Å²) >= 11 is 0. The van der Waals surface area contributed by atoms with Crippen molar-refractivity contribution in [1.82, 2.24) is 10.2 Å². The summed E-state index contributed by atoms with van der Waals surface area (Å²) in [4.78, 5) is 23.2. The minimum absolute atomic E-state index is 0.0480. The van der Waals surface area contributed by atoms with Crippen molar-refractivity contribution in [3.63, 3.8) is 0 Å². The van der Waals surface area contributed by atoms with Crippen LogP contribution in [-0.2, 0) is 9.59 Å². The third-order valence-corrected chi connectivity index (χ3v) is 1.88. The molecule has 1 aliphatic heterocycles. The second-order valence-electron chi connectivity index (χ2n) is 2.74. The number of nitrogens with one attached hydrogen (secondary N) is 1. The first-order valence-corrected chi connectivity index (χ1v) is 3.82. The fourth-order valence-electron chi connectivity index (χ4n) is 1.13. The normalized spacial score (nSPS) is 23.0. The van der Waals surface area contributed by atoms with E-state index in [0.717, 1.165) is 0 Å². The van der Waals surface area contributed by atoms with Crippen molar-refractivity contribution in [2.75, 3.05) is 20.1 Å². The molecule has 68 valence electrons. The maximum atomic E-state index is 11.1. The van der Waals surface area contributed by atoms with Crippen LogP contribution in [0.2, 0.25) is 0 Å². The molecular formula is C7H12N2O3. The van der Waals surface area contributed by atoms with Gasteiger partial charge in [0.25, 0.3) is 5.91 Å². The molecule has 1 aliphatic rings. The van der Waals surface area contributed by atoms with Gasteiger partial charge >= 0.3 is 0 Å². The van der Waals surface area contributed by atoms with Crippen molar-refractivity contribution < 1.29 is 14.7 Å². The minimum Gasteiger partial charge on any atom is -0.383 e. The van der Waals surface area contributed by atoms with Crippen LogP contribution in [0.15, 0.2) is 0 Å². The van der Waals surface area contributed by atoms with E-state index < -0.39 is 6.10 Å². The Morgan fingerprint density at radius 3 is 2.92 bits per heavy atom. The summed E-state index contributed by atoms with van der Waals surface area (Å²) in [5, 5.41) is 11.4. The second-order valence-corrected chi connectivity index (χ2v) is 2.74. The SMILES string of the molecule is CNC(=O)CN1CCC(O)C1=O. The molecule has 2 amide bonds. The van der Waals surface area contributed by atoms with E-state index in [1.54, 1.807) is 0 Å². The molecule has 12 heavy (non-hydrogen) atoms. The topological polar surface area (TPSA) is 69.6 Å². The van der Waals surface area contributed by atoms with Gasteiger partial charge in [0.1, 0.15) is 6.10 Å². The van der Waals surface area contributed by atoms with E-state index in [4.69, 9.17) is 5.11 Å². The molecule has 1 atom stereocenters. The Labute approximate surface area is 70.4 Å². The third-order valence-electron chi connectivity index (χ3n) is 1.88. The summed E-state index contributed by atoms with van der Waals surface area (Å²) in [7, 11) is 1.51. The number of aliphatic hydroxyl groups excluding tert-OH is 1. The number of nitrogens with zero attached hydrogens (tertiary/aromatic N) is 1. The van der Waals surface area contributed by atoms with Gasteiger partial charge in [-0.3, -0.25) is 9.59 Å². The van der Waals surface area contributed by atoms with Gasteiger partial charge in [-0.15, -0.1) is 0 Å². The monoisotopic (exact) mass is 172 g/mol. The van der Waals surface area contributed by atoms with Crippen molar-refractivity contribution in [2.45, 2.75) is 12.5 Å². The van der Waals surface area contributed by atoms with Gasteiger partial charge in [0, 0.05) is 13.6 Å². The fourth-order valence-corrected chi connectivity index (χ4v) is 1.13. The van der Waals surface area contributed by atoms with Crippen molar-refractivity contribution in [3.05, 3.63) is 0 Å². The maximum absolute atomic E-state index is 11.1. The highest BCUT2D eigenvalue weighted by Gasteiger charge is 2.30. The number of hydrogen-bond donors (Lipinski definition) is 2. The summed E-state index contributed by atoms with van der Waals surface area (Å²) < 4.78 is 0. The highest BCUT2D eigenvalue weighted by molar-refractivity contribution is 5.88. The van der Waals surface area contributed by atoms with Crippen LogP contribution in [0.25, 0.3) is 0 Å². The second kappa shape index (κ2) is 3.53. The molecule has 5 heteroatoms. The Morgan fingerprint density at radius 1 is 1.83 bits per heavy atom. The molecule has 1 saturated heterocycles. The average Bonchev–Trinajstić information content (AvgIpc) is 2.36. The zero-order chi connectivity index (χ0) is 9.14. The lowest BCUT2D eigenvalue weighted by molar-refractivity contribution is -0.137. The van der Waals surface area contributed by atoms with Crippen LogP contribution in [0.1, 0.15) is 6.42 Å². The van der Waals surface area contributed by atoms with Crippen molar-refractivity contribution in [1.29, 1.82) is 0 Å². The van der Waals surface area contributed by atoms with Gasteiger partial charge in [-0.25, -0.2) is 0 Å². The Bertz CT molecular complexity index is 205. The van der Waals surface area contributed by atoms with Crippen LogP contribution in [0.4, 0.5) is 0 Å². The molecule has 1 unspecified atom stereocenters. The van der Waals surface area contributed by atoms with Crippen LogP contribution in [0.3, 0.4) is 0 Å². The van der Waals surface area contributed by atoms with Gasteiger partial charge in [0.15, 0.2) is 0 Å². The molecule has 0 bridgehead atoms. The smallest absolute Gasteiger partial charge is 0.251 e. The molecule has 1 fully saturated rings. The molecule has 1 heterocycles. The molecule has 0 aromatic rings. The molecule has 0 aromatic heterocycles. The Kier molecular flexibility index (Phi) is 2.65. The van der Waals surface area contributed by atoms with Gasteiger partial charge in [-0.1, -0.05) is 0 Å². The number of carbonyl (C=O) groups is 2. The molecule has 0 aliphatic carbocycles. The van der Waals surface area contributed by atoms with E-state index in [-0.39, 0.29) is 18.4 Å². The van der Waals surface area contributed by atoms with Gasteiger partial charge in [-0.05, 0) is 6.42 Å². The zero-order valence-corrected chi connectivity index (χ0v) is 6.91. The molecule has 1 rings (SSSR count). The highest BCUT2D eigenvalue weighted by atomic mass is 16.3. The molecule has 0 radical (unpaired) electrons. The number of carbonyl (C=O) groups excluding carboxylic acids is 2. The molecule has 0 aromatic carbocycles. The first kappa shape index (κ1) is 8.99. The average molecular weight is 172 g/mol. The van der Waals surface area contributed by atoms with E-state index in [9.17, 15) is 9.59 Å². The van der Waals surface area contributed by atoms with Gasteiger partial charge in [0.2, 0.25) is 5.91 Å². The molecular weight excluding hydrogens is 160 g/mol. The quantitative estimate of drug-likeness (QED) is 0.523. The van der Waals surface area contributed by atoms with Gasteiger partial charge in [-0.2, -0.15) is 0 Å². The lowest BCUT2D eigenvalue weighted by Crippen LogP contribution is -2.38. The Balaban J connectivity index is 2.44. The first-order valence-electron chi connectivity index (χ1n) is 3.82. The third kappa shape index (κ3) is 1.73. The summed E-state index contributed by atoms with van der Waals surface area (Å²) in [6.07, 6.45) is -0.481. The zero-order valence-electron chi connectivity index (χ0n) is 6.91. The highest BCUT2D eigenvalue weighted by Crippen LogP contribution is 2.09. The van der Waals surface area contributed by atoms with E-state index in [1.165, 1.54) is 11.9 Å². The minimum atomic E-state index is -0.908. The summed E-state index contributed by atoms with van der Waals surface area (Å²) in [6.45, 7) is 0.514. The first-order chi connectivity index (χ1) is 5.65. The number of aliphatic hydroxyl groups is 1. The lowest BCUT2D eigenvalue weighted by atomic mass is 10.3. The maximum Gasteiger partial charge on any atom is 0.251 e. The number of likely N-dealkylation sites (tertiary alicyclic amines) is 1. The van der Waals surface area contributed by atoms with Crippen molar-refractivity contribution >= 4 is 11.8 Å². The van der Waals surface area contributed by atoms with E-state index >= 15 is 0 Å². The number of likely N-dealkylation sites (N-methyl/N-ethyl adjacent to an activating group) is 1.